The van der Waals surface area contributed by atoms with Crippen LogP contribution < -0.4 is 5.73 Å². The second-order valence-electron chi connectivity index (χ2n) is 5.83. The minimum atomic E-state index is 0.882. The van der Waals surface area contributed by atoms with E-state index >= 15 is 0 Å². The van der Waals surface area contributed by atoms with Gasteiger partial charge in [-0.1, -0.05) is 62.6 Å². The van der Waals surface area contributed by atoms with Gasteiger partial charge in [0.2, 0.25) is 0 Å². The van der Waals surface area contributed by atoms with Crippen LogP contribution in [0.5, 0.6) is 0 Å². The van der Waals surface area contributed by atoms with Gasteiger partial charge < -0.3 is 5.73 Å². The molecule has 0 aliphatic rings. The Morgan fingerprint density at radius 1 is 0.810 bits per heavy atom. The van der Waals surface area contributed by atoms with E-state index in [-0.39, 0.29) is 0 Å². The highest BCUT2D eigenvalue weighted by Gasteiger charge is 2.08. The van der Waals surface area contributed by atoms with Crippen LogP contribution in [0.15, 0.2) is 48.5 Å². The number of anilines is 1. The summed E-state index contributed by atoms with van der Waals surface area (Å²) in [4.78, 5) is 0. The summed E-state index contributed by atoms with van der Waals surface area (Å²) in [7, 11) is 0. The smallest absolute Gasteiger partial charge is 0.0394 e. The van der Waals surface area contributed by atoms with Gasteiger partial charge in [-0.15, -0.1) is 0 Å². The van der Waals surface area contributed by atoms with Gasteiger partial charge in [0.15, 0.2) is 0 Å². The van der Waals surface area contributed by atoms with Gasteiger partial charge in [-0.3, -0.25) is 0 Å². The zero-order valence-electron chi connectivity index (χ0n) is 12.7. The Labute approximate surface area is 126 Å². The van der Waals surface area contributed by atoms with Gasteiger partial charge >= 0.3 is 0 Å². The first-order valence-corrected chi connectivity index (χ1v) is 8.00. The fourth-order valence-corrected chi connectivity index (χ4v) is 3.20. The van der Waals surface area contributed by atoms with Crippen molar-refractivity contribution >= 4 is 27.2 Å². The van der Waals surface area contributed by atoms with Gasteiger partial charge in [-0.05, 0) is 46.7 Å². The molecule has 1 heteroatoms. The summed E-state index contributed by atoms with van der Waals surface area (Å²) in [5.41, 5.74) is 8.54. The van der Waals surface area contributed by atoms with E-state index in [2.05, 4.69) is 49.4 Å². The van der Waals surface area contributed by atoms with E-state index in [1.54, 1.807) is 0 Å². The maximum absolute atomic E-state index is 6.19. The van der Waals surface area contributed by atoms with Crippen molar-refractivity contribution in [1.29, 1.82) is 0 Å². The third-order valence-electron chi connectivity index (χ3n) is 4.33. The van der Waals surface area contributed by atoms with Crippen molar-refractivity contribution in [2.24, 2.45) is 0 Å². The maximum atomic E-state index is 6.19. The summed E-state index contributed by atoms with van der Waals surface area (Å²) in [6.07, 6.45) is 6.31. The number of rotatable bonds is 5. The summed E-state index contributed by atoms with van der Waals surface area (Å²) in [5.74, 6) is 0. The van der Waals surface area contributed by atoms with Gasteiger partial charge in [-0.25, -0.2) is 0 Å². The zero-order valence-corrected chi connectivity index (χ0v) is 12.7. The fraction of sp³-hybridized carbons (Fsp3) is 0.300. The molecule has 0 aliphatic heterocycles. The minimum absolute atomic E-state index is 0.882. The zero-order chi connectivity index (χ0) is 14.7. The van der Waals surface area contributed by atoms with Crippen molar-refractivity contribution < 1.29 is 0 Å². The van der Waals surface area contributed by atoms with E-state index in [0.29, 0.717) is 0 Å². The minimum Gasteiger partial charge on any atom is -0.398 e. The topological polar surface area (TPSA) is 26.0 Å². The highest BCUT2D eigenvalue weighted by molar-refractivity contribution is 6.06. The lowest BCUT2D eigenvalue weighted by Gasteiger charge is -2.13. The van der Waals surface area contributed by atoms with Crippen LogP contribution in [0.1, 0.15) is 38.2 Å². The number of aryl methyl sites for hydroxylation is 1. The largest absolute Gasteiger partial charge is 0.398 e. The SMILES string of the molecule is CCCCCCc1c2ccccc2cc2c(N)cccc12. The molecule has 0 amide bonds. The molecule has 0 saturated carbocycles. The van der Waals surface area contributed by atoms with Gasteiger partial charge in [-0.2, -0.15) is 0 Å². The van der Waals surface area contributed by atoms with Crippen LogP contribution in [0.4, 0.5) is 5.69 Å². The van der Waals surface area contributed by atoms with Crippen molar-refractivity contribution in [2.75, 3.05) is 5.73 Å². The molecular weight excluding hydrogens is 254 g/mol. The first-order chi connectivity index (χ1) is 10.3. The second kappa shape index (κ2) is 6.17. The maximum Gasteiger partial charge on any atom is 0.0394 e. The number of unbranched alkanes of at least 4 members (excludes halogenated alkanes) is 3. The van der Waals surface area contributed by atoms with E-state index in [4.69, 9.17) is 5.73 Å². The molecule has 0 radical (unpaired) electrons. The van der Waals surface area contributed by atoms with Crippen molar-refractivity contribution in [1.82, 2.24) is 0 Å². The molecule has 1 nitrogen and oxygen atoms in total. The summed E-state index contributed by atoms with van der Waals surface area (Å²) >= 11 is 0. The van der Waals surface area contributed by atoms with E-state index < -0.39 is 0 Å². The van der Waals surface area contributed by atoms with Crippen molar-refractivity contribution in [3.05, 3.63) is 54.1 Å². The van der Waals surface area contributed by atoms with E-state index in [1.165, 1.54) is 52.8 Å². The number of nitrogen functional groups attached to an aromatic ring is 1. The molecule has 2 N–H and O–H groups in total. The van der Waals surface area contributed by atoms with E-state index in [1.807, 2.05) is 6.07 Å². The normalized spacial score (nSPS) is 11.3. The van der Waals surface area contributed by atoms with Crippen LogP contribution in [0.3, 0.4) is 0 Å². The predicted molar refractivity (Wildman–Crippen MR) is 93.7 cm³/mol. The predicted octanol–water partition coefficient (Wildman–Crippen LogP) is 5.70. The molecule has 0 saturated heterocycles. The molecule has 108 valence electrons. The molecule has 21 heavy (non-hydrogen) atoms. The Morgan fingerprint density at radius 2 is 1.62 bits per heavy atom. The van der Waals surface area contributed by atoms with Gasteiger partial charge in [0, 0.05) is 11.1 Å². The molecule has 0 fully saturated rings. The van der Waals surface area contributed by atoms with Crippen LogP contribution in [-0.2, 0) is 6.42 Å². The summed E-state index contributed by atoms with van der Waals surface area (Å²) in [6, 6.07) is 17.2. The number of fused-ring (bicyclic) bond motifs is 2. The molecule has 3 rings (SSSR count). The molecular formula is C20H23N. The van der Waals surface area contributed by atoms with Crippen molar-refractivity contribution in [3.63, 3.8) is 0 Å². The average Bonchev–Trinajstić information content (AvgIpc) is 2.51. The summed E-state index contributed by atoms with van der Waals surface area (Å²) in [5, 5.41) is 5.20. The summed E-state index contributed by atoms with van der Waals surface area (Å²) in [6.45, 7) is 2.26. The lowest BCUT2D eigenvalue weighted by atomic mass is 9.92. The first-order valence-electron chi connectivity index (χ1n) is 8.00. The molecule has 0 spiro atoms. The quantitative estimate of drug-likeness (QED) is 0.361. The number of hydrogen-bond acceptors (Lipinski definition) is 1. The fourth-order valence-electron chi connectivity index (χ4n) is 3.20. The van der Waals surface area contributed by atoms with Crippen LogP contribution >= 0.6 is 0 Å². The molecule has 0 heterocycles. The van der Waals surface area contributed by atoms with Crippen LogP contribution in [0.25, 0.3) is 21.5 Å². The molecule has 0 atom stereocenters. The molecule has 3 aromatic rings. The highest BCUT2D eigenvalue weighted by Crippen LogP contribution is 2.32. The van der Waals surface area contributed by atoms with Crippen molar-refractivity contribution in [2.45, 2.75) is 39.0 Å². The summed E-state index contributed by atoms with van der Waals surface area (Å²) < 4.78 is 0. The average molecular weight is 277 g/mol. The van der Waals surface area contributed by atoms with Crippen LogP contribution in [-0.4, -0.2) is 0 Å². The lowest BCUT2D eigenvalue weighted by molar-refractivity contribution is 0.669. The third-order valence-corrected chi connectivity index (χ3v) is 4.33. The molecule has 0 unspecified atom stereocenters. The van der Waals surface area contributed by atoms with Gasteiger partial charge in [0.05, 0.1) is 0 Å². The van der Waals surface area contributed by atoms with Crippen LogP contribution in [0.2, 0.25) is 0 Å². The van der Waals surface area contributed by atoms with E-state index in [0.717, 1.165) is 12.1 Å². The Hall–Kier alpha value is -2.02. The Kier molecular flexibility index (Phi) is 4.10. The molecule has 0 aromatic heterocycles. The second-order valence-corrected chi connectivity index (χ2v) is 5.83. The molecule has 3 aromatic carbocycles. The Morgan fingerprint density at radius 3 is 2.48 bits per heavy atom. The van der Waals surface area contributed by atoms with Gasteiger partial charge in [0.1, 0.15) is 0 Å². The van der Waals surface area contributed by atoms with Gasteiger partial charge in [0.25, 0.3) is 0 Å². The third kappa shape index (κ3) is 2.73. The first kappa shape index (κ1) is 13.9. The number of hydrogen-bond donors (Lipinski definition) is 1. The number of benzene rings is 3. The molecule has 0 bridgehead atoms. The monoisotopic (exact) mass is 277 g/mol. The van der Waals surface area contributed by atoms with Crippen LogP contribution in [0, 0.1) is 0 Å². The van der Waals surface area contributed by atoms with Crippen molar-refractivity contribution in [3.8, 4) is 0 Å². The van der Waals surface area contributed by atoms with E-state index in [9.17, 15) is 0 Å². The highest BCUT2D eigenvalue weighted by atomic mass is 14.5. The lowest BCUT2D eigenvalue weighted by Crippen LogP contribution is -1.94. The standard InChI is InChI=1S/C20H23N/c1-2-3-4-5-11-17-16-10-7-6-9-15(16)14-19-18(17)12-8-13-20(19)21/h6-10,12-14H,2-5,11,21H2,1H3. The Bertz CT molecular complexity index is 758. The molecule has 0 aliphatic carbocycles. The Balaban J connectivity index is 2.13. The number of nitrogens with two attached hydrogens (primary N) is 1.